The van der Waals surface area contributed by atoms with Crippen LogP contribution in [-0.2, 0) is 6.42 Å². The first-order chi connectivity index (χ1) is 9.36. The third-order valence-electron chi connectivity index (χ3n) is 3.03. The predicted octanol–water partition coefficient (Wildman–Crippen LogP) is 2.74. The molecule has 0 amide bonds. The van der Waals surface area contributed by atoms with Crippen LogP contribution in [0, 0.1) is 6.07 Å². The van der Waals surface area contributed by atoms with Crippen LogP contribution in [0.1, 0.15) is 35.3 Å². The normalized spacial score (nSPS) is 11.3. The predicted molar refractivity (Wildman–Crippen MR) is 76.8 cm³/mol. The van der Waals surface area contributed by atoms with Crippen LogP contribution in [0.5, 0.6) is 5.75 Å². The van der Waals surface area contributed by atoms with Crippen molar-refractivity contribution >= 4 is 5.78 Å². The molecule has 20 heavy (non-hydrogen) atoms. The van der Waals surface area contributed by atoms with Gasteiger partial charge in [0.15, 0.2) is 5.78 Å². The highest BCUT2D eigenvalue weighted by Crippen LogP contribution is 2.17. The van der Waals surface area contributed by atoms with E-state index in [2.05, 4.69) is 6.07 Å². The van der Waals surface area contributed by atoms with E-state index >= 15 is 0 Å². The first kappa shape index (κ1) is 14.3. The van der Waals surface area contributed by atoms with Gasteiger partial charge in [0.1, 0.15) is 11.4 Å². The Kier molecular flexibility index (Phi) is 3.91. The number of rotatable bonds is 4. The number of Topliss-reactive ketones (excluding diaryl/α,β-unsaturated/α-hetero) is 1. The molecule has 0 aliphatic heterocycles. The molecule has 3 nitrogen and oxygen atoms in total. The molecule has 2 aromatic rings. The second-order valence-electron chi connectivity index (χ2n) is 5.34. The molecule has 0 saturated heterocycles. The van der Waals surface area contributed by atoms with Crippen LogP contribution in [0.25, 0.3) is 0 Å². The highest BCUT2D eigenvalue weighted by atomic mass is 16.3. The summed E-state index contributed by atoms with van der Waals surface area (Å²) >= 11 is 0. The first-order valence-corrected chi connectivity index (χ1v) is 6.42. The summed E-state index contributed by atoms with van der Waals surface area (Å²) in [5.41, 5.74) is 1.14. The lowest BCUT2D eigenvalue weighted by Crippen LogP contribution is -2.31. The minimum Gasteiger partial charge on any atom is -0.507 e. The Morgan fingerprint density at radius 3 is 2.35 bits per heavy atom. The van der Waals surface area contributed by atoms with E-state index < -0.39 is 5.60 Å². The van der Waals surface area contributed by atoms with E-state index in [0.717, 1.165) is 11.1 Å². The number of aromatic hydroxyl groups is 1. The molecule has 0 saturated carbocycles. The van der Waals surface area contributed by atoms with Crippen LogP contribution in [-0.4, -0.2) is 21.6 Å². The SMILES string of the molecule is CC(C)(O)C(=O)c1ccc(Cc2cc[c]c(O)c2)cc1. The largest absolute Gasteiger partial charge is 0.507 e. The minimum atomic E-state index is -1.36. The third-order valence-corrected chi connectivity index (χ3v) is 3.03. The second kappa shape index (κ2) is 5.47. The maximum absolute atomic E-state index is 11.9. The van der Waals surface area contributed by atoms with Crippen molar-refractivity contribution in [1.82, 2.24) is 0 Å². The lowest BCUT2D eigenvalue weighted by molar-refractivity contribution is 0.0488. The van der Waals surface area contributed by atoms with Gasteiger partial charge in [0.05, 0.1) is 0 Å². The average molecular weight is 269 g/mol. The molecule has 0 aliphatic rings. The topological polar surface area (TPSA) is 57.5 Å². The zero-order valence-corrected chi connectivity index (χ0v) is 11.6. The fraction of sp³-hybridized carbons (Fsp3) is 0.235. The van der Waals surface area contributed by atoms with E-state index in [0.29, 0.717) is 12.0 Å². The molecule has 103 valence electrons. The fourth-order valence-corrected chi connectivity index (χ4v) is 1.97. The van der Waals surface area contributed by atoms with Crippen LogP contribution < -0.4 is 0 Å². The number of ketones is 1. The van der Waals surface area contributed by atoms with Gasteiger partial charge in [-0.05, 0) is 37.5 Å². The van der Waals surface area contributed by atoms with Crippen molar-refractivity contribution in [3.8, 4) is 5.75 Å². The molecule has 0 atom stereocenters. The van der Waals surface area contributed by atoms with Crippen molar-refractivity contribution in [3.05, 3.63) is 65.2 Å². The van der Waals surface area contributed by atoms with Crippen LogP contribution in [0.4, 0.5) is 0 Å². The molecular formula is C17H17O3. The van der Waals surface area contributed by atoms with Gasteiger partial charge in [-0.1, -0.05) is 36.4 Å². The van der Waals surface area contributed by atoms with E-state index in [-0.39, 0.29) is 11.5 Å². The molecule has 0 unspecified atom stereocenters. The zero-order chi connectivity index (χ0) is 14.8. The molecule has 2 aromatic carbocycles. The highest BCUT2D eigenvalue weighted by molar-refractivity contribution is 6.01. The molecule has 3 heteroatoms. The molecule has 2 rings (SSSR count). The smallest absolute Gasteiger partial charge is 0.193 e. The number of phenolic OH excluding ortho intramolecular Hbond substituents is 1. The van der Waals surface area contributed by atoms with Crippen LogP contribution in [0.3, 0.4) is 0 Å². The number of carbonyl (C=O) groups excluding carboxylic acids is 1. The van der Waals surface area contributed by atoms with E-state index in [1.807, 2.05) is 18.2 Å². The Balaban J connectivity index is 2.15. The molecule has 0 bridgehead atoms. The number of aliphatic hydroxyl groups is 1. The van der Waals surface area contributed by atoms with Gasteiger partial charge in [0, 0.05) is 11.6 Å². The first-order valence-electron chi connectivity index (χ1n) is 6.42. The molecule has 0 aromatic heterocycles. The van der Waals surface area contributed by atoms with Crippen molar-refractivity contribution in [2.75, 3.05) is 0 Å². The van der Waals surface area contributed by atoms with Crippen LogP contribution in [0.15, 0.2) is 42.5 Å². The van der Waals surface area contributed by atoms with Crippen molar-refractivity contribution < 1.29 is 15.0 Å². The van der Waals surface area contributed by atoms with Crippen LogP contribution >= 0.6 is 0 Å². The maximum atomic E-state index is 11.9. The van der Waals surface area contributed by atoms with Gasteiger partial charge in [-0.25, -0.2) is 0 Å². The number of carbonyl (C=O) groups is 1. The summed E-state index contributed by atoms with van der Waals surface area (Å²) in [5, 5.41) is 19.1. The summed E-state index contributed by atoms with van der Waals surface area (Å²) in [5.74, 6) is -0.174. The Labute approximate surface area is 118 Å². The second-order valence-corrected chi connectivity index (χ2v) is 5.34. The van der Waals surface area contributed by atoms with Gasteiger partial charge in [-0.2, -0.15) is 0 Å². The molecule has 0 aliphatic carbocycles. The summed E-state index contributed by atoms with van der Waals surface area (Å²) in [6, 6.07) is 15.0. The Bertz CT molecular complexity index is 607. The number of hydrogen-bond donors (Lipinski definition) is 2. The van der Waals surface area contributed by atoms with E-state index in [9.17, 15) is 15.0 Å². The third kappa shape index (κ3) is 3.45. The van der Waals surface area contributed by atoms with Gasteiger partial charge in [0.2, 0.25) is 0 Å². The lowest BCUT2D eigenvalue weighted by Gasteiger charge is -2.15. The fourth-order valence-electron chi connectivity index (χ4n) is 1.97. The van der Waals surface area contributed by atoms with Gasteiger partial charge in [-0.3, -0.25) is 4.79 Å². The molecule has 0 spiro atoms. The molecule has 0 heterocycles. The quantitative estimate of drug-likeness (QED) is 0.839. The molecular weight excluding hydrogens is 252 g/mol. The van der Waals surface area contributed by atoms with Gasteiger partial charge >= 0.3 is 0 Å². The summed E-state index contributed by atoms with van der Waals surface area (Å²) < 4.78 is 0. The van der Waals surface area contributed by atoms with Crippen LogP contribution in [0.2, 0.25) is 0 Å². The van der Waals surface area contributed by atoms with Crippen molar-refractivity contribution in [3.63, 3.8) is 0 Å². The van der Waals surface area contributed by atoms with E-state index in [1.54, 1.807) is 24.3 Å². The van der Waals surface area contributed by atoms with Gasteiger partial charge < -0.3 is 10.2 Å². The monoisotopic (exact) mass is 269 g/mol. The Morgan fingerprint density at radius 2 is 1.80 bits per heavy atom. The molecule has 0 fully saturated rings. The van der Waals surface area contributed by atoms with Crippen molar-refractivity contribution in [1.29, 1.82) is 0 Å². The van der Waals surface area contributed by atoms with Gasteiger partial charge in [0.25, 0.3) is 0 Å². The Hall–Kier alpha value is -2.13. The number of benzene rings is 2. The van der Waals surface area contributed by atoms with E-state index in [4.69, 9.17) is 0 Å². The van der Waals surface area contributed by atoms with Crippen molar-refractivity contribution in [2.24, 2.45) is 0 Å². The van der Waals surface area contributed by atoms with E-state index in [1.165, 1.54) is 13.8 Å². The standard InChI is InChI=1S/C17H17O3/c1-17(2,20)16(19)14-8-6-12(7-9-14)10-13-4-3-5-15(18)11-13/h3-4,6-9,11,18,20H,10H2,1-2H3. The number of phenols is 1. The molecule has 2 N–H and O–H groups in total. The van der Waals surface area contributed by atoms with Gasteiger partial charge in [-0.15, -0.1) is 0 Å². The van der Waals surface area contributed by atoms with Crippen molar-refractivity contribution in [2.45, 2.75) is 25.9 Å². The maximum Gasteiger partial charge on any atom is 0.193 e. The molecule has 1 radical (unpaired) electrons. The number of hydrogen-bond acceptors (Lipinski definition) is 3. The lowest BCUT2D eigenvalue weighted by atomic mass is 9.95. The Morgan fingerprint density at radius 1 is 1.15 bits per heavy atom. The zero-order valence-electron chi connectivity index (χ0n) is 11.6. The summed E-state index contributed by atoms with van der Waals surface area (Å²) in [4.78, 5) is 11.9. The summed E-state index contributed by atoms with van der Waals surface area (Å²) in [7, 11) is 0. The average Bonchev–Trinajstić information content (AvgIpc) is 2.38. The summed E-state index contributed by atoms with van der Waals surface area (Å²) in [6.45, 7) is 2.96. The highest BCUT2D eigenvalue weighted by Gasteiger charge is 2.24. The summed E-state index contributed by atoms with van der Waals surface area (Å²) in [6.07, 6.45) is 0.666. The minimum absolute atomic E-state index is 0.122.